The van der Waals surface area contributed by atoms with Gasteiger partial charge in [-0.05, 0) is 32.0 Å². The number of ether oxygens (including phenoxy) is 1. The number of rotatable bonds is 8. The first kappa shape index (κ1) is 27.5. The lowest BCUT2D eigenvalue weighted by Gasteiger charge is -2.42. The Kier molecular flexibility index (Phi) is 8.21. The molecule has 2 aromatic carbocycles. The molecule has 0 bridgehead atoms. The standard InChI is InChI=1S/C30H37N7O3/c1-4-28(39)37-14-13-36(19-22(37)9-11-31)29-25-10-12-35(20-26(25)32-30(33-29)40-16-15-34(2)3)27-18-23(38)17-21-7-5-6-8-24(21)27/h5-8,17-18,22,38H,4,9-10,12-16,19-20H2,1-3H3/t22-/m0/s1. The number of phenols is 1. The zero-order valence-corrected chi connectivity index (χ0v) is 23.5. The van der Waals surface area contributed by atoms with Gasteiger partial charge >= 0.3 is 6.01 Å². The number of benzene rings is 2. The molecule has 3 heterocycles. The second-order valence-corrected chi connectivity index (χ2v) is 10.7. The number of hydrogen-bond donors (Lipinski definition) is 1. The SMILES string of the molecule is CCC(=O)N1CCN(c2nc(OCCN(C)C)nc3c2CCN(c2cc(O)cc4ccccc24)C3)C[C@@H]1CC#N. The van der Waals surface area contributed by atoms with Crippen LogP contribution in [-0.2, 0) is 17.8 Å². The number of carbonyl (C=O) groups is 1. The van der Waals surface area contributed by atoms with E-state index in [0.29, 0.717) is 45.2 Å². The second-order valence-electron chi connectivity index (χ2n) is 10.7. The summed E-state index contributed by atoms with van der Waals surface area (Å²) in [5.41, 5.74) is 2.94. The summed E-state index contributed by atoms with van der Waals surface area (Å²) in [6.45, 7) is 6.08. The molecule has 1 saturated heterocycles. The van der Waals surface area contributed by atoms with Gasteiger partial charge in [-0.25, -0.2) is 0 Å². The van der Waals surface area contributed by atoms with Crippen molar-refractivity contribution in [3.8, 4) is 17.8 Å². The van der Waals surface area contributed by atoms with E-state index in [1.807, 2.05) is 55.1 Å². The third-order valence-corrected chi connectivity index (χ3v) is 7.69. The molecule has 5 rings (SSSR count). The predicted molar refractivity (Wildman–Crippen MR) is 155 cm³/mol. The molecule has 1 N–H and O–H groups in total. The van der Waals surface area contributed by atoms with Gasteiger partial charge in [-0.3, -0.25) is 4.79 Å². The Hall–Kier alpha value is -4.10. The van der Waals surface area contributed by atoms with Crippen LogP contribution in [-0.4, -0.2) is 90.2 Å². The summed E-state index contributed by atoms with van der Waals surface area (Å²) in [6.07, 6.45) is 1.43. The summed E-state index contributed by atoms with van der Waals surface area (Å²) in [7, 11) is 3.98. The molecule has 10 nitrogen and oxygen atoms in total. The molecular formula is C30H37N7O3. The second kappa shape index (κ2) is 12.0. The van der Waals surface area contributed by atoms with Crippen LogP contribution in [0.2, 0.25) is 0 Å². The Morgan fingerprint density at radius 1 is 1.18 bits per heavy atom. The molecule has 1 atom stereocenters. The van der Waals surface area contributed by atoms with Gasteiger partial charge in [-0.1, -0.05) is 31.2 Å². The fraction of sp³-hybridized carbons (Fsp3) is 0.467. The maximum Gasteiger partial charge on any atom is 0.318 e. The van der Waals surface area contributed by atoms with Crippen molar-refractivity contribution in [1.29, 1.82) is 5.26 Å². The van der Waals surface area contributed by atoms with E-state index in [1.54, 1.807) is 6.07 Å². The van der Waals surface area contributed by atoms with Gasteiger partial charge in [-0.15, -0.1) is 0 Å². The van der Waals surface area contributed by atoms with E-state index in [0.717, 1.165) is 53.0 Å². The van der Waals surface area contributed by atoms with Gasteiger partial charge in [0.1, 0.15) is 18.2 Å². The molecule has 2 aliphatic rings. The lowest BCUT2D eigenvalue weighted by molar-refractivity contribution is -0.133. The number of phenolic OH excluding ortho intramolecular Hbond substituents is 1. The van der Waals surface area contributed by atoms with Crippen LogP contribution in [0.5, 0.6) is 11.8 Å². The van der Waals surface area contributed by atoms with Crippen molar-refractivity contribution in [2.24, 2.45) is 0 Å². The molecule has 40 heavy (non-hydrogen) atoms. The summed E-state index contributed by atoms with van der Waals surface area (Å²) in [4.78, 5) is 30.6. The molecule has 1 fully saturated rings. The number of piperazine rings is 1. The third kappa shape index (κ3) is 5.75. The minimum absolute atomic E-state index is 0.0753. The number of aromatic nitrogens is 2. The summed E-state index contributed by atoms with van der Waals surface area (Å²) in [5, 5.41) is 22.0. The number of carbonyl (C=O) groups excluding carboxylic acids is 1. The van der Waals surface area contributed by atoms with Crippen LogP contribution < -0.4 is 14.5 Å². The molecule has 0 unspecified atom stereocenters. The Labute approximate surface area is 235 Å². The monoisotopic (exact) mass is 543 g/mol. The van der Waals surface area contributed by atoms with Gasteiger partial charge in [0.2, 0.25) is 5.91 Å². The number of hydrogen-bond acceptors (Lipinski definition) is 9. The number of anilines is 2. The smallest absolute Gasteiger partial charge is 0.318 e. The van der Waals surface area contributed by atoms with Gasteiger partial charge < -0.3 is 29.4 Å². The van der Waals surface area contributed by atoms with Crippen molar-refractivity contribution >= 4 is 28.2 Å². The molecule has 0 spiro atoms. The Balaban J connectivity index is 1.49. The van der Waals surface area contributed by atoms with Crippen molar-refractivity contribution in [3.63, 3.8) is 0 Å². The Morgan fingerprint density at radius 2 is 2.00 bits per heavy atom. The van der Waals surface area contributed by atoms with Gasteiger partial charge in [0.25, 0.3) is 0 Å². The van der Waals surface area contributed by atoms with Crippen LogP contribution >= 0.6 is 0 Å². The van der Waals surface area contributed by atoms with Crippen LogP contribution in [0, 0.1) is 11.3 Å². The summed E-state index contributed by atoms with van der Waals surface area (Å²) in [6, 6.07) is 14.1. The first-order valence-corrected chi connectivity index (χ1v) is 13.9. The van der Waals surface area contributed by atoms with Crippen LogP contribution in [0.15, 0.2) is 36.4 Å². The topological polar surface area (TPSA) is 109 Å². The van der Waals surface area contributed by atoms with Gasteiger partial charge in [0.05, 0.1) is 30.8 Å². The minimum Gasteiger partial charge on any atom is -0.508 e. The number of aromatic hydroxyl groups is 1. The number of fused-ring (bicyclic) bond motifs is 2. The van der Waals surface area contributed by atoms with Crippen LogP contribution in [0.3, 0.4) is 0 Å². The third-order valence-electron chi connectivity index (χ3n) is 7.69. The molecule has 0 radical (unpaired) electrons. The molecule has 1 amide bonds. The average molecular weight is 544 g/mol. The Bertz CT molecular complexity index is 1420. The molecule has 10 heteroatoms. The van der Waals surface area contributed by atoms with Gasteiger partial charge in [0, 0.05) is 61.8 Å². The first-order chi connectivity index (χ1) is 19.4. The summed E-state index contributed by atoms with van der Waals surface area (Å²) in [5.74, 6) is 1.14. The quantitative estimate of drug-likeness (QED) is 0.458. The summed E-state index contributed by atoms with van der Waals surface area (Å²) < 4.78 is 6.03. The average Bonchev–Trinajstić information content (AvgIpc) is 2.95. The lowest BCUT2D eigenvalue weighted by Crippen LogP contribution is -2.55. The van der Waals surface area contributed by atoms with Crippen LogP contribution in [0.25, 0.3) is 10.8 Å². The van der Waals surface area contributed by atoms with E-state index in [-0.39, 0.29) is 24.1 Å². The van der Waals surface area contributed by atoms with Crippen LogP contribution in [0.4, 0.5) is 11.5 Å². The number of nitriles is 1. The Morgan fingerprint density at radius 3 is 2.77 bits per heavy atom. The molecule has 0 saturated carbocycles. The molecule has 210 valence electrons. The summed E-state index contributed by atoms with van der Waals surface area (Å²) >= 11 is 0. The first-order valence-electron chi connectivity index (χ1n) is 13.9. The fourth-order valence-corrected chi connectivity index (χ4v) is 5.64. The number of nitrogens with zero attached hydrogens (tertiary/aromatic N) is 7. The van der Waals surface area contributed by atoms with E-state index in [2.05, 4.69) is 21.9 Å². The molecular weight excluding hydrogens is 506 g/mol. The van der Waals surface area contributed by atoms with E-state index >= 15 is 0 Å². The van der Waals surface area contributed by atoms with E-state index in [4.69, 9.17) is 14.7 Å². The lowest BCUT2D eigenvalue weighted by atomic mass is 10.0. The van der Waals surface area contributed by atoms with E-state index in [1.165, 1.54) is 0 Å². The van der Waals surface area contributed by atoms with Crippen molar-refractivity contribution in [1.82, 2.24) is 19.8 Å². The van der Waals surface area contributed by atoms with Crippen molar-refractivity contribution in [2.45, 2.75) is 38.8 Å². The van der Waals surface area contributed by atoms with Crippen molar-refractivity contribution in [2.75, 3.05) is 63.2 Å². The van der Waals surface area contributed by atoms with E-state index < -0.39 is 0 Å². The highest BCUT2D eigenvalue weighted by atomic mass is 16.5. The fourth-order valence-electron chi connectivity index (χ4n) is 5.64. The highest BCUT2D eigenvalue weighted by molar-refractivity contribution is 5.95. The largest absolute Gasteiger partial charge is 0.508 e. The zero-order valence-electron chi connectivity index (χ0n) is 23.5. The minimum atomic E-state index is -0.186. The zero-order chi connectivity index (χ0) is 28.2. The van der Waals surface area contributed by atoms with Crippen molar-refractivity contribution in [3.05, 3.63) is 47.7 Å². The van der Waals surface area contributed by atoms with Crippen molar-refractivity contribution < 1.29 is 14.6 Å². The van der Waals surface area contributed by atoms with Crippen LogP contribution in [0.1, 0.15) is 31.0 Å². The van der Waals surface area contributed by atoms with Gasteiger partial charge in [0.15, 0.2) is 0 Å². The highest BCUT2D eigenvalue weighted by Gasteiger charge is 2.33. The molecule has 3 aromatic rings. The highest BCUT2D eigenvalue weighted by Crippen LogP contribution is 2.36. The van der Waals surface area contributed by atoms with E-state index in [9.17, 15) is 15.2 Å². The molecule has 0 aliphatic carbocycles. The maximum atomic E-state index is 12.6. The normalized spacial score (nSPS) is 17.2. The number of amides is 1. The predicted octanol–water partition coefficient (Wildman–Crippen LogP) is 3.18. The maximum absolute atomic E-state index is 12.6. The van der Waals surface area contributed by atoms with Gasteiger partial charge in [-0.2, -0.15) is 15.2 Å². The molecule has 2 aliphatic heterocycles. The number of likely N-dealkylation sites (N-methyl/N-ethyl adjacent to an activating group) is 1. The molecule has 1 aromatic heterocycles.